The first-order chi connectivity index (χ1) is 14.8. The zero-order chi connectivity index (χ0) is 22.4. The summed E-state index contributed by atoms with van der Waals surface area (Å²) in [5.74, 6) is 1.85. The Morgan fingerprint density at radius 1 is 1.35 bits per heavy atom. The van der Waals surface area contributed by atoms with Crippen LogP contribution in [0.2, 0.25) is 0 Å². The molecule has 5 nitrogen and oxygen atoms in total. The summed E-state index contributed by atoms with van der Waals surface area (Å²) in [6, 6.07) is 8.29. The number of hydrogen-bond donors (Lipinski definition) is 0. The molecule has 1 amide bonds. The van der Waals surface area contributed by atoms with Crippen molar-refractivity contribution in [3.8, 4) is 5.75 Å². The van der Waals surface area contributed by atoms with E-state index in [1.54, 1.807) is 7.11 Å². The highest BCUT2D eigenvalue weighted by atomic mass is 16.6. The molecule has 1 spiro atoms. The van der Waals surface area contributed by atoms with Crippen molar-refractivity contribution in [1.82, 2.24) is 4.90 Å². The van der Waals surface area contributed by atoms with Gasteiger partial charge >= 0.3 is 0 Å². The average Bonchev–Trinajstić information content (AvgIpc) is 3.16. The predicted octanol–water partition coefficient (Wildman–Crippen LogP) is 5.17. The van der Waals surface area contributed by atoms with Gasteiger partial charge in [-0.15, -0.1) is 6.58 Å². The molecule has 5 atom stereocenters. The van der Waals surface area contributed by atoms with Gasteiger partial charge in [0.2, 0.25) is 5.91 Å². The van der Waals surface area contributed by atoms with Crippen LogP contribution < -0.4 is 4.74 Å². The van der Waals surface area contributed by atoms with E-state index in [1.807, 2.05) is 30.0 Å². The van der Waals surface area contributed by atoms with Gasteiger partial charge in [0.05, 0.1) is 18.2 Å². The van der Waals surface area contributed by atoms with Crippen LogP contribution in [0.5, 0.6) is 5.75 Å². The lowest BCUT2D eigenvalue weighted by Crippen LogP contribution is -2.53. The molecule has 31 heavy (non-hydrogen) atoms. The van der Waals surface area contributed by atoms with Crippen LogP contribution >= 0.6 is 0 Å². The fourth-order valence-electron chi connectivity index (χ4n) is 6.09. The van der Waals surface area contributed by atoms with Gasteiger partial charge in [-0.3, -0.25) is 9.79 Å². The number of nitrogens with zero attached hydrogens (tertiary/aromatic N) is 2. The van der Waals surface area contributed by atoms with E-state index in [0.717, 1.165) is 24.3 Å². The minimum Gasteiger partial charge on any atom is -0.497 e. The number of amides is 1. The van der Waals surface area contributed by atoms with Crippen LogP contribution in [0.15, 0.2) is 41.9 Å². The Bertz CT molecular complexity index is 877. The van der Waals surface area contributed by atoms with Crippen molar-refractivity contribution in [2.45, 2.75) is 71.2 Å². The lowest BCUT2D eigenvalue weighted by Gasteiger charge is -2.39. The Kier molecular flexibility index (Phi) is 5.76. The summed E-state index contributed by atoms with van der Waals surface area (Å²) in [6.45, 7) is 13.3. The van der Waals surface area contributed by atoms with Crippen LogP contribution in [-0.4, -0.2) is 42.1 Å². The molecule has 0 N–H and O–H groups in total. The number of allylic oxidation sites excluding steroid dienone is 1. The van der Waals surface area contributed by atoms with Gasteiger partial charge in [-0.1, -0.05) is 39.0 Å². The van der Waals surface area contributed by atoms with Crippen LogP contribution in [0.4, 0.5) is 0 Å². The fraction of sp³-hybridized carbons (Fsp3) is 0.615. The molecule has 2 aliphatic heterocycles. The molecule has 4 rings (SSSR count). The number of hydrogen-bond acceptors (Lipinski definition) is 4. The van der Waals surface area contributed by atoms with Gasteiger partial charge in [-0.25, -0.2) is 0 Å². The Labute approximate surface area is 186 Å². The molecule has 0 unspecified atom stereocenters. The van der Waals surface area contributed by atoms with E-state index < -0.39 is 11.1 Å². The number of ether oxygens (including phenoxy) is 2. The molecule has 3 aliphatic rings. The molecule has 0 aromatic heterocycles. The zero-order valence-electron chi connectivity index (χ0n) is 19.6. The Hall–Kier alpha value is -2.14. The summed E-state index contributed by atoms with van der Waals surface area (Å²) >= 11 is 0. The maximum absolute atomic E-state index is 14.0. The number of benzene rings is 1. The maximum Gasteiger partial charge on any atom is 0.232 e. The van der Waals surface area contributed by atoms with Gasteiger partial charge in [-0.2, -0.15) is 0 Å². The lowest BCUT2D eigenvalue weighted by molar-refractivity contribution is -0.151. The number of aliphatic imine (C=N–C) groups is 1. The molecular weight excluding hydrogens is 388 g/mol. The number of rotatable bonds is 7. The third kappa shape index (κ3) is 3.32. The van der Waals surface area contributed by atoms with Gasteiger partial charge in [0, 0.05) is 13.0 Å². The molecule has 1 saturated heterocycles. The Morgan fingerprint density at radius 2 is 2.06 bits per heavy atom. The molecule has 2 bridgehead atoms. The van der Waals surface area contributed by atoms with Crippen LogP contribution in [-0.2, 0) is 9.53 Å². The summed E-state index contributed by atoms with van der Waals surface area (Å²) < 4.78 is 12.1. The second kappa shape index (κ2) is 8.09. The van der Waals surface area contributed by atoms with E-state index in [4.69, 9.17) is 14.5 Å². The first-order valence-electron chi connectivity index (χ1n) is 11.6. The van der Waals surface area contributed by atoms with Gasteiger partial charge in [0.15, 0.2) is 12.0 Å². The van der Waals surface area contributed by atoms with Crippen molar-refractivity contribution in [3.63, 3.8) is 0 Å². The predicted molar refractivity (Wildman–Crippen MR) is 123 cm³/mol. The van der Waals surface area contributed by atoms with Crippen LogP contribution in [0.25, 0.3) is 0 Å². The highest BCUT2D eigenvalue weighted by molar-refractivity contribution is 6.02. The molecule has 168 valence electrons. The Morgan fingerprint density at radius 3 is 2.65 bits per heavy atom. The molecule has 1 aliphatic carbocycles. The SMILES string of the molecule is C=CC[C@]12C[C@@]3(O[C@H](CC(C)C)N=C3C[C@H](c3ccc(OC)cc3)[C@H]1C)N(CC)C2=O. The lowest BCUT2D eigenvalue weighted by atomic mass is 9.66. The highest BCUT2D eigenvalue weighted by Crippen LogP contribution is 2.60. The number of fused-ring (bicyclic) bond motifs is 1. The highest BCUT2D eigenvalue weighted by Gasteiger charge is 2.68. The van der Waals surface area contributed by atoms with Crippen molar-refractivity contribution < 1.29 is 14.3 Å². The van der Waals surface area contributed by atoms with E-state index in [9.17, 15) is 4.79 Å². The summed E-state index contributed by atoms with van der Waals surface area (Å²) in [7, 11) is 1.68. The maximum atomic E-state index is 14.0. The summed E-state index contributed by atoms with van der Waals surface area (Å²) in [6.07, 6.45) is 4.73. The van der Waals surface area contributed by atoms with Gasteiger partial charge in [0.25, 0.3) is 0 Å². The fourth-order valence-corrected chi connectivity index (χ4v) is 6.09. The summed E-state index contributed by atoms with van der Waals surface area (Å²) in [5, 5.41) is 0. The van der Waals surface area contributed by atoms with E-state index in [-0.39, 0.29) is 24.0 Å². The van der Waals surface area contributed by atoms with Gasteiger partial charge in [0.1, 0.15) is 5.75 Å². The average molecular weight is 425 g/mol. The molecule has 5 heteroatoms. The van der Waals surface area contributed by atoms with Crippen molar-refractivity contribution in [1.29, 1.82) is 0 Å². The van der Waals surface area contributed by atoms with Crippen molar-refractivity contribution >= 4 is 11.6 Å². The molecule has 0 radical (unpaired) electrons. The monoisotopic (exact) mass is 424 g/mol. The van der Waals surface area contributed by atoms with Crippen LogP contribution in [0, 0.1) is 17.3 Å². The van der Waals surface area contributed by atoms with Crippen molar-refractivity contribution in [3.05, 3.63) is 42.5 Å². The van der Waals surface area contributed by atoms with Gasteiger partial charge in [-0.05, 0) is 61.6 Å². The van der Waals surface area contributed by atoms with E-state index in [2.05, 4.69) is 39.5 Å². The zero-order valence-corrected chi connectivity index (χ0v) is 19.6. The van der Waals surface area contributed by atoms with Gasteiger partial charge < -0.3 is 14.4 Å². The van der Waals surface area contributed by atoms with Crippen molar-refractivity contribution in [2.75, 3.05) is 13.7 Å². The quantitative estimate of drug-likeness (QED) is 0.567. The first kappa shape index (κ1) is 22.1. The molecule has 1 aromatic rings. The number of methoxy groups -OCH3 is 1. The number of likely N-dealkylation sites (tertiary alicyclic amines) is 1. The normalized spacial score (nSPS) is 34.5. The Balaban J connectivity index is 1.83. The van der Waals surface area contributed by atoms with E-state index in [1.165, 1.54) is 5.56 Å². The molecule has 2 fully saturated rings. The largest absolute Gasteiger partial charge is 0.497 e. The molecule has 1 aromatic carbocycles. The van der Waals surface area contributed by atoms with Crippen LogP contribution in [0.3, 0.4) is 0 Å². The third-order valence-electron chi connectivity index (χ3n) is 7.67. The van der Waals surface area contributed by atoms with Crippen LogP contribution in [0.1, 0.15) is 64.9 Å². The smallest absolute Gasteiger partial charge is 0.232 e. The second-order valence-corrected chi connectivity index (χ2v) is 9.81. The standard InChI is InChI=1S/C26H36N2O3/c1-7-13-25-16-26(28(8-2)24(25)29)22(27-23(31-26)14-17(3)4)15-21(18(25)5)19-9-11-20(30-6)12-10-19/h7,9-12,17-18,21,23H,1,8,13-16H2,2-6H3/t18-,21+,23-,25+,26+/m1/s1. The van der Waals surface area contributed by atoms with E-state index >= 15 is 0 Å². The molecule has 1 saturated carbocycles. The molecule has 2 heterocycles. The third-order valence-corrected chi connectivity index (χ3v) is 7.67. The summed E-state index contributed by atoms with van der Waals surface area (Å²) in [4.78, 5) is 21.0. The van der Waals surface area contributed by atoms with E-state index in [0.29, 0.717) is 25.3 Å². The minimum absolute atomic E-state index is 0.139. The summed E-state index contributed by atoms with van der Waals surface area (Å²) in [5.41, 5.74) is 1.05. The second-order valence-electron chi connectivity index (χ2n) is 9.81. The topological polar surface area (TPSA) is 51.1 Å². The van der Waals surface area contributed by atoms with Crippen molar-refractivity contribution in [2.24, 2.45) is 22.2 Å². The number of carbonyl (C=O) groups excluding carboxylic acids is 1. The first-order valence-corrected chi connectivity index (χ1v) is 11.6. The minimum atomic E-state index is -0.704. The number of carbonyl (C=O) groups is 1. The molecular formula is C26H36N2O3.